The Hall–Kier alpha value is -1.22. The topological polar surface area (TPSA) is 56.0 Å². The van der Waals surface area contributed by atoms with Crippen molar-refractivity contribution in [2.45, 2.75) is 26.3 Å². The second-order valence-electron chi connectivity index (χ2n) is 3.73. The molecule has 0 aliphatic heterocycles. The van der Waals surface area contributed by atoms with E-state index in [1.54, 1.807) is 12.4 Å². The Labute approximate surface area is 84.3 Å². The Balaban J connectivity index is 2.57. The second kappa shape index (κ2) is 4.86. The third-order valence-electron chi connectivity index (χ3n) is 2.11. The first kappa shape index (κ1) is 10.9. The van der Waals surface area contributed by atoms with E-state index >= 15 is 0 Å². The number of pyridine rings is 1. The number of carbonyl (C=O) groups is 1. The standard InChI is InChI=1S/C11H16N2O/c1-8(2)11(14)10(12)6-9-4-3-5-13-7-9/h3-5,7-8,10H,6,12H2,1-2H3. The molecule has 1 atom stereocenters. The quantitative estimate of drug-likeness (QED) is 0.779. The zero-order chi connectivity index (χ0) is 10.6. The van der Waals surface area contributed by atoms with Gasteiger partial charge in [-0.3, -0.25) is 9.78 Å². The molecule has 0 aromatic carbocycles. The molecule has 0 saturated heterocycles. The van der Waals surface area contributed by atoms with Crippen molar-refractivity contribution in [3.8, 4) is 0 Å². The largest absolute Gasteiger partial charge is 0.321 e. The molecule has 1 rings (SSSR count). The minimum Gasteiger partial charge on any atom is -0.321 e. The summed E-state index contributed by atoms with van der Waals surface area (Å²) in [7, 11) is 0. The molecule has 1 aromatic heterocycles. The van der Waals surface area contributed by atoms with Gasteiger partial charge in [-0.05, 0) is 18.1 Å². The Morgan fingerprint density at radius 3 is 2.79 bits per heavy atom. The Morgan fingerprint density at radius 2 is 2.29 bits per heavy atom. The van der Waals surface area contributed by atoms with Crippen molar-refractivity contribution in [2.75, 3.05) is 0 Å². The normalized spacial score (nSPS) is 12.9. The molecule has 0 saturated carbocycles. The number of Topliss-reactive ketones (excluding diaryl/α,β-unsaturated/α-hetero) is 1. The van der Waals surface area contributed by atoms with Gasteiger partial charge >= 0.3 is 0 Å². The lowest BCUT2D eigenvalue weighted by atomic mass is 9.97. The average molecular weight is 192 g/mol. The number of nitrogens with two attached hydrogens (primary N) is 1. The smallest absolute Gasteiger partial charge is 0.152 e. The van der Waals surface area contributed by atoms with Crippen molar-refractivity contribution in [1.29, 1.82) is 0 Å². The molecule has 0 amide bonds. The summed E-state index contributed by atoms with van der Waals surface area (Å²) in [6, 6.07) is 3.38. The first-order chi connectivity index (χ1) is 6.61. The summed E-state index contributed by atoms with van der Waals surface area (Å²) in [6.07, 6.45) is 4.03. The second-order valence-corrected chi connectivity index (χ2v) is 3.73. The summed E-state index contributed by atoms with van der Waals surface area (Å²) in [5, 5.41) is 0. The fourth-order valence-electron chi connectivity index (χ4n) is 1.30. The van der Waals surface area contributed by atoms with Gasteiger partial charge in [0.15, 0.2) is 5.78 Å². The number of rotatable bonds is 4. The number of nitrogens with zero attached hydrogens (tertiary/aromatic N) is 1. The molecular weight excluding hydrogens is 176 g/mol. The SMILES string of the molecule is CC(C)C(=O)C(N)Cc1cccnc1. The van der Waals surface area contributed by atoms with Crippen LogP contribution in [0.5, 0.6) is 0 Å². The van der Waals surface area contributed by atoms with E-state index in [1.807, 2.05) is 26.0 Å². The molecule has 76 valence electrons. The Kier molecular flexibility index (Phi) is 3.77. The summed E-state index contributed by atoms with van der Waals surface area (Å²) in [6.45, 7) is 3.73. The molecule has 1 aromatic rings. The average Bonchev–Trinajstić information content (AvgIpc) is 2.18. The monoisotopic (exact) mass is 192 g/mol. The zero-order valence-electron chi connectivity index (χ0n) is 8.60. The van der Waals surface area contributed by atoms with Gasteiger partial charge in [-0.25, -0.2) is 0 Å². The van der Waals surface area contributed by atoms with Crippen molar-refractivity contribution in [3.63, 3.8) is 0 Å². The van der Waals surface area contributed by atoms with Crippen molar-refractivity contribution < 1.29 is 4.79 Å². The highest BCUT2D eigenvalue weighted by molar-refractivity contribution is 5.85. The molecule has 14 heavy (non-hydrogen) atoms. The highest BCUT2D eigenvalue weighted by Crippen LogP contribution is 2.04. The van der Waals surface area contributed by atoms with E-state index in [9.17, 15) is 4.79 Å². The van der Waals surface area contributed by atoms with Gasteiger partial charge in [-0.15, -0.1) is 0 Å². The van der Waals surface area contributed by atoms with Crippen LogP contribution in [0, 0.1) is 5.92 Å². The van der Waals surface area contributed by atoms with Crippen LogP contribution in [-0.4, -0.2) is 16.8 Å². The highest BCUT2D eigenvalue weighted by atomic mass is 16.1. The predicted octanol–water partition coefficient (Wildman–Crippen LogP) is 1.18. The molecule has 1 unspecified atom stereocenters. The number of carbonyl (C=O) groups excluding carboxylic acids is 1. The number of aromatic nitrogens is 1. The third-order valence-corrected chi connectivity index (χ3v) is 2.11. The summed E-state index contributed by atoms with van der Waals surface area (Å²) in [4.78, 5) is 15.5. The van der Waals surface area contributed by atoms with Gasteiger partial charge in [-0.1, -0.05) is 19.9 Å². The van der Waals surface area contributed by atoms with Crippen LogP contribution in [-0.2, 0) is 11.2 Å². The van der Waals surface area contributed by atoms with E-state index < -0.39 is 6.04 Å². The van der Waals surface area contributed by atoms with Gasteiger partial charge in [0, 0.05) is 18.3 Å². The van der Waals surface area contributed by atoms with Crippen molar-refractivity contribution in [2.24, 2.45) is 11.7 Å². The van der Waals surface area contributed by atoms with Crippen LogP contribution < -0.4 is 5.73 Å². The molecule has 0 aliphatic carbocycles. The van der Waals surface area contributed by atoms with E-state index in [1.165, 1.54) is 0 Å². The van der Waals surface area contributed by atoms with Gasteiger partial charge in [0.1, 0.15) is 0 Å². The molecule has 3 heteroatoms. The van der Waals surface area contributed by atoms with E-state index in [0.29, 0.717) is 6.42 Å². The van der Waals surface area contributed by atoms with Crippen LogP contribution in [0.4, 0.5) is 0 Å². The molecule has 0 radical (unpaired) electrons. The Bertz CT molecular complexity index is 295. The van der Waals surface area contributed by atoms with Gasteiger partial charge in [0.25, 0.3) is 0 Å². The van der Waals surface area contributed by atoms with Gasteiger partial charge in [0.05, 0.1) is 6.04 Å². The van der Waals surface area contributed by atoms with Crippen LogP contribution in [0.15, 0.2) is 24.5 Å². The van der Waals surface area contributed by atoms with Crippen LogP contribution >= 0.6 is 0 Å². The fourth-order valence-corrected chi connectivity index (χ4v) is 1.30. The van der Waals surface area contributed by atoms with Crippen molar-refractivity contribution in [1.82, 2.24) is 4.98 Å². The maximum Gasteiger partial charge on any atom is 0.152 e. The highest BCUT2D eigenvalue weighted by Gasteiger charge is 2.16. The van der Waals surface area contributed by atoms with E-state index in [-0.39, 0.29) is 11.7 Å². The fraction of sp³-hybridized carbons (Fsp3) is 0.455. The van der Waals surface area contributed by atoms with Gasteiger partial charge in [0.2, 0.25) is 0 Å². The molecule has 3 nitrogen and oxygen atoms in total. The minimum atomic E-state index is -0.404. The summed E-state index contributed by atoms with van der Waals surface area (Å²) < 4.78 is 0. The summed E-state index contributed by atoms with van der Waals surface area (Å²) in [5.74, 6) is 0.107. The van der Waals surface area contributed by atoms with Crippen molar-refractivity contribution in [3.05, 3.63) is 30.1 Å². The molecule has 0 fully saturated rings. The van der Waals surface area contributed by atoms with Crippen LogP contribution in [0.3, 0.4) is 0 Å². The maximum atomic E-state index is 11.5. The predicted molar refractivity (Wildman–Crippen MR) is 55.8 cm³/mol. The van der Waals surface area contributed by atoms with Crippen LogP contribution in [0.2, 0.25) is 0 Å². The molecular formula is C11H16N2O. The molecule has 0 aliphatic rings. The van der Waals surface area contributed by atoms with Crippen LogP contribution in [0.1, 0.15) is 19.4 Å². The lowest BCUT2D eigenvalue weighted by molar-refractivity contribution is -0.123. The van der Waals surface area contributed by atoms with E-state index in [0.717, 1.165) is 5.56 Å². The molecule has 1 heterocycles. The maximum absolute atomic E-state index is 11.5. The number of hydrogen-bond acceptors (Lipinski definition) is 3. The lowest BCUT2D eigenvalue weighted by Crippen LogP contribution is -2.35. The molecule has 0 spiro atoms. The summed E-state index contributed by atoms with van der Waals surface area (Å²) >= 11 is 0. The van der Waals surface area contributed by atoms with Crippen LogP contribution in [0.25, 0.3) is 0 Å². The van der Waals surface area contributed by atoms with Gasteiger partial charge < -0.3 is 5.73 Å². The number of ketones is 1. The van der Waals surface area contributed by atoms with Crippen molar-refractivity contribution >= 4 is 5.78 Å². The first-order valence-electron chi connectivity index (χ1n) is 4.79. The number of hydrogen-bond donors (Lipinski definition) is 1. The molecule has 0 bridgehead atoms. The minimum absolute atomic E-state index is 0.00155. The lowest BCUT2D eigenvalue weighted by Gasteiger charge is -2.12. The zero-order valence-corrected chi connectivity index (χ0v) is 8.60. The van der Waals surface area contributed by atoms with E-state index in [4.69, 9.17) is 5.73 Å². The molecule has 2 N–H and O–H groups in total. The van der Waals surface area contributed by atoms with Gasteiger partial charge in [-0.2, -0.15) is 0 Å². The van der Waals surface area contributed by atoms with E-state index in [2.05, 4.69) is 4.98 Å². The summed E-state index contributed by atoms with van der Waals surface area (Å²) in [5.41, 5.74) is 6.78. The Morgan fingerprint density at radius 1 is 1.57 bits per heavy atom. The third kappa shape index (κ3) is 2.92. The first-order valence-corrected chi connectivity index (χ1v) is 4.79.